The molecule has 0 aliphatic heterocycles. The number of H-pyrrole nitrogens is 1. The highest BCUT2D eigenvalue weighted by Gasteiger charge is 2.18. The maximum Gasteiger partial charge on any atom is 0.446 e. The van der Waals surface area contributed by atoms with Gasteiger partial charge in [0.05, 0.1) is 6.54 Å². The lowest BCUT2D eigenvalue weighted by Crippen LogP contribution is -2.40. The SMILES string of the molecule is CCCc1nc2c([nH]1)c(=O)n(Cc1ccccc1)c(=O)n2CCCCc1ccccc1OS(=O)(=O)O. The van der Waals surface area contributed by atoms with Crippen LogP contribution in [0.5, 0.6) is 5.75 Å². The summed E-state index contributed by atoms with van der Waals surface area (Å²) in [5.74, 6) is 0.721. The molecule has 0 aliphatic rings. The molecular formula is C25H28N4O6S. The Morgan fingerprint density at radius 3 is 2.42 bits per heavy atom. The number of aryl methyl sites for hydroxylation is 3. The number of nitrogens with zero attached hydrogens (tertiary/aromatic N) is 3. The van der Waals surface area contributed by atoms with E-state index in [1.54, 1.807) is 18.2 Å². The lowest BCUT2D eigenvalue weighted by Gasteiger charge is -2.12. The van der Waals surface area contributed by atoms with E-state index in [-0.39, 0.29) is 12.3 Å². The van der Waals surface area contributed by atoms with E-state index in [4.69, 9.17) is 4.55 Å². The number of nitrogens with one attached hydrogen (secondary N) is 1. The van der Waals surface area contributed by atoms with Gasteiger partial charge < -0.3 is 9.17 Å². The second-order valence-corrected chi connectivity index (χ2v) is 9.54. The molecule has 2 heterocycles. The van der Waals surface area contributed by atoms with Gasteiger partial charge in [0.2, 0.25) is 0 Å². The zero-order valence-corrected chi connectivity index (χ0v) is 20.7. The third kappa shape index (κ3) is 5.92. The number of imidazole rings is 1. The molecule has 2 N–H and O–H groups in total. The van der Waals surface area contributed by atoms with Crippen LogP contribution in [0.4, 0.5) is 0 Å². The fourth-order valence-corrected chi connectivity index (χ4v) is 4.56. The highest BCUT2D eigenvalue weighted by molar-refractivity contribution is 7.81. The minimum Gasteiger partial charge on any atom is -0.362 e. The van der Waals surface area contributed by atoms with Crippen LogP contribution in [0.25, 0.3) is 11.2 Å². The van der Waals surface area contributed by atoms with Crippen molar-refractivity contribution in [3.63, 3.8) is 0 Å². The second-order valence-electron chi connectivity index (χ2n) is 8.52. The van der Waals surface area contributed by atoms with E-state index < -0.39 is 21.6 Å². The zero-order chi connectivity index (χ0) is 25.7. The van der Waals surface area contributed by atoms with Gasteiger partial charge in [0.1, 0.15) is 17.1 Å². The summed E-state index contributed by atoms with van der Waals surface area (Å²) < 4.78 is 38.7. The molecule has 0 amide bonds. The van der Waals surface area contributed by atoms with Gasteiger partial charge in [0.15, 0.2) is 5.65 Å². The molecule has 0 aliphatic carbocycles. The molecule has 11 heteroatoms. The molecule has 0 unspecified atom stereocenters. The third-order valence-corrected chi connectivity index (χ3v) is 6.22. The van der Waals surface area contributed by atoms with Crippen molar-refractivity contribution in [2.45, 2.75) is 52.1 Å². The molecule has 2 aromatic carbocycles. The van der Waals surface area contributed by atoms with Crippen molar-refractivity contribution in [1.29, 1.82) is 0 Å². The first-order chi connectivity index (χ1) is 17.3. The summed E-state index contributed by atoms with van der Waals surface area (Å²) in [5.41, 5.74) is 1.27. The van der Waals surface area contributed by atoms with E-state index in [9.17, 15) is 18.0 Å². The standard InChI is InChI=1S/C25H28N4O6S/c1-2-10-21-26-22-23(27-21)28(25(31)29(24(22)30)17-18-11-4-3-5-12-18)16-9-8-14-19-13-6-7-15-20(19)35-36(32,33)34/h3-7,11-13,15H,2,8-10,14,16-17H2,1H3,(H,26,27)(H,32,33,34). The number of hydrogen-bond donors (Lipinski definition) is 2. The van der Waals surface area contributed by atoms with Crippen molar-refractivity contribution in [2.75, 3.05) is 0 Å². The van der Waals surface area contributed by atoms with Crippen LogP contribution < -0.4 is 15.4 Å². The smallest absolute Gasteiger partial charge is 0.362 e. The largest absolute Gasteiger partial charge is 0.446 e. The van der Waals surface area contributed by atoms with Crippen molar-refractivity contribution < 1.29 is 17.2 Å². The minimum absolute atomic E-state index is 0.0625. The summed E-state index contributed by atoms with van der Waals surface area (Å²) in [6.45, 7) is 2.48. The molecule has 0 saturated heterocycles. The first-order valence-corrected chi connectivity index (χ1v) is 13.1. The number of fused-ring (bicyclic) bond motifs is 1. The van der Waals surface area contributed by atoms with Gasteiger partial charge in [-0.3, -0.25) is 18.5 Å². The van der Waals surface area contributed by atoms with Crippen molar-refractivity contribution in [3.05, 3.63) is 92.4 Å². The van der Waals surface area contributed by atoms with Crippen LogP contribution in [0.15, 0.2) is 64.2 Å². The number of unbranched alkanes of at least 4 members (excludes halogenated alkanes) is 1. The van der Waals surface area contributed by atoms with Crippen LogP contribution in [0.1, 0.15) is 43.1 Å². The van der Waals surface area contributed by atoms with Crippen LogP contribution in [0.3, 0.4) is 0 Å². The molecular weight excluding hydrogens is 484 g/mol. The quantitative estimate of drug-likeness (QED) is 0.233. The third-order valence-electron chi connectivity index (χ3n) is 5.83. The molecule has 0 spiro atoms. The lowest BCUT2D eigenvalue weighted by molar-refractivity contribution is 0.385. The predicted octanol–water partition coefficient (Wildman–Crippen LogP) is 3.09. The maximum absolute atomic E-state index is 13.4. The van der Waals surface area contributed by atoms with Gasteiger partial charge in [0, 0.05) is 13.0 Å². The summed E-state index contributed by atoms with van der Waals surface area (Å²) in [6.07, 6.45) is 3.13. The first-order valence-electron chi connectivity index (χ1n) is 11.8. The molecule has 0 atom stereocenters. The highest BCUT2D eigenvalue weighted by atomic mass is 32.3. The molecule has 0 radical (unpaired) electrons. The Bertz CT molecular complexity index is 1570. The molecule has 4 aromatic rings. The molecule has 36 heavy (non-hydrogen) atoms. The average molecular weight is 513 g/mol. The van der Waals surface area contributed by atoms with E-state index in [0.29, 0.717) is 54.8 Å². The lowest BCUT2D eigenvalue weighted by atomic mass is 10.1. The second kappa shape index (κ2) is 10.9. The summed E-state index contributed by atoms with van der Waals surface area (Å²) in [7, 11) is -4.63. The number of aromatic nitrogens is 4. The summed E-state index contributed by atoms with van der Waals surface area (Å²) in [6, 6.07) is 15.9. The maximum atomic E-state index is 13.4. The Morgan fingerprint density at radius 2 is 1.69 bits per heavy atom. The van der Waals surface area contributed by atoms with Crippen LogP contribution in [0, 0.1) is 0 Å². The molecule has 0 fully saturated rings. The zero-order valence-electron chi connectivity index (χ0n) is 19.9. The fourth-order valence-electron chi connectivity index (χ4n) is 4.17. The summed E-state index contributed by atoms with van der Waals surface area (Å²) >= 11 is 0. The predicted molar refractivity (Wildman–Crippen MR) is 136 cm³/mol. The van der Waals surface area contributed by atoms with Gasteiger partial charge in [0.25, 0.3) is 5.56 Å². The minimum atomic E-state index is -4.63. The highest BCUT2D eigenvalue weighted by Crippen LogP contribution is 2.21. The number of rotatable bonds is 11. The van der Waals surface area contributed by atoms with Crippen LogP contribution >= 0.6 is 0 Å². The molecule has 0 bridgehead atoms. The van der Waals surface area contributed by atoms with E-state index in [1.165, 1.54) is 15.2 Å². The van der Waals surface area contributed by atoms with Crippen LogP contribution in [0.2, 0.25) is 0 Å². The summed E-state index contributed by atoms with van der Waals surface area (Å²) in [5, 5.41) is 0. The van der Waals surface area contributed by atoms with Gasteiger partial charge in [-0.2, -0.15) is 8.42 Å². The Balaban J connectivity index is 1.60. The van der Waals surface area contributed by atoms with E-state index in [1.807, 2.05) is 37.3 Å². The molecule has 0 saturated carbocycles. The topological polar surface area (TPSA) is 136 Å². The van der Waals surface area contributed by atoms with E-state index in [2.05, 4.69) is 14.2 Å². The normalized spacial score (nSPS) is 11.7. The van der Waals surface area contributed by atoms with Gasteiger partial charge in [-0.1, -0.05) is 55.5 Å². The van der Waals surface area contributed by atoms with Crippen molar-refractivity contribution in [3.8, 4) is 5.75 Å². The van der Waals surface area contributed by atoms with Crippen molar-refractivity contribution in [1.82, 2.24) is 19.1 Å². The van der Waals surface area contributed by atoms with E-state index in [0.717, 1.165) is 12.0 Å². The van der Waals surface area contributed by atoms with Crippen LogP contribution in [-0.2, 0) is 36.3 Å². The number of aromatic amines is 1. The Morgan fingerprint density at radius 1 is 0.972 bits per heavy atom. The Kier molecular flexibility index (Phi) is 7.70. The molecule has 4 rings (SSSR count). The van der Waals surface area contributed by atoms with Gasteiger partial charge >= 0.3 is 16.1 Å². The molecule has 190 valence electrons. The van der Waals surface area contributed by atoms with Gasteiger partial charge in [-0.15, -0.1) is 0 Å². The van der Waals surface area contributed by atoms with Gasteiger partial charge in [-0.05, 0) is 42.9 Å². The van der Waals surface area contributed by atoms with Crippen LogP contribution in [-0.4, -0.2) is 32.1 Å². The number of benzene rings is 2. The fraction of sp³-hybridized carbons (Fsp3) is 0.320. The Hall–Kier alpha value is -3.70. The Labute approximate surface area is 208 Å². The summed E-state index contributed by atoms with van der Waals surface area (Å²) in [4.78, 5) is 34.2. The number of para-hydroxylation sites is 1. The monoisotopic (exact) mass is 512 g/mol. The van der Waals surface area contributed by atoms with Crippen molar-refractivity contribution >= 4 is 21.6 Å². The van der Waals surface area contributed by atoms with Gasteiger partial charge in [-0.25, -0.2) is 9.78 Å². The van der Waals surface area contributed by atoms with E-state index >= 15 is 0 Å². The molecule has 10 nitrogen and oxygen atoms in total. The average Bonchev–Trinajstić information content (AvgIpc) is 3.26. The molecule has 2 aromatic heterocycles. The number of hydrogen-bond acceptors (Lipinski definition) is 6. The van der Waals surface area contributed by atoms with Crippen molar-refractivity contribution in [2.24, 2.45) is 0 Å². The first kappa shape index (κ1) is 25.4.